The van der Waals surface area contributed by atoms with Gasteiger partial charge in [-0.3, -0.25) is 14.5 Å². The summed E-state index contributed by atoms with van der Waals surface area (Å²) in [5, 5.41) is 21.3. The Kier molecular flexibility index (Phi) is 9.68. The molecule has 1 aromatic heterocycles. The van der Waals surface area contributed by atoms with Crippen molar-refractivity contribution in [3.05, 3.63) is 83.1 Å². The zero-order chi connectivity index (χ0) is 31.4. The molecule has 1 N–H and O–H groups in total. The first-order valence-corrected chi connectivity index (χ1v) is 16.0. The quantitative estimate of drug-likeness (QED) is 0.101. The number of rotatable bonds is 12. The Labute approximate surface area is 267 Å². The first-order chi connectivity index (χ1) is 21.2. The summed E-state index contributed by atoms with van der Waals surface area (Å²) in [5.41, 5.74) is 0.533. The van der Waals surface area contributed by atoms with Crippen molar-refractivity contribution in [2.24, 2.45) is 7.05 Å². The number of thiocarbonyl (C=S) groups is 1. The highest BCUT2D eigenvalue weighted by atomic mass is 32.2. The van der Waals surface area contributed by atoms with Gasteiger partial charge in [0.15, 0.2) is 6.10 Å². The fraction of sp³-hybridized carbons (Fsp3) is 0.345. The molecule has 12 nitrogen and oxygen atoms in total. The molecule has 1 amide bonds. The zero-order valence-electron chi connectivity index (χ0n) is 24.2. The van der Waals surface area contributed by atoms with Crippen LogP contribution in [0.5, 0.6) is 0 Å². The number of aromatic nitrogens is 4. The fourth-order valence-electron chi connectivity index (χ4n) is 5.26. The highest BCUT2D eigenvalue weighted by Gasteiger charge is 2.68. The second kappa shape index (κ2) is 13.5. The van der Waals surface area contributed by atoms with Gasteiger partial charge in [-0.1, -0.05) is 84.6 Å². The van der Waals surface area contributed by atoms with Crippen LogP contribution in [-0.4, -0.2) is 94.2 Å². The number of nitrogens with zero attached hydrogens (tertiary/aromatic N) is 6. The van der Waals surface area contributed by atoms with Gasteiger partial charge in [-0.05, 0) is 34.1 Å². The van der Waals surface area contributed by atoms with Crippen molar-refractivity contribution in [3.8, 4) is 0 Å². The molecule has 2 aliphatic rings. The molecular formula is C29H30N6O6S3. The molecule has 1 saturated heterocycles. The van der Waals surface area contributed by atoms with Crippen molar-refractivity contribution in [1.82, 2.24) is 30.0 Å². The van der Waals surface area contributed by atoms with Gasteiger partial charge in [0.05, 0.1) is 11.4 Å². The number of aryl methyl sites for hydroxylation is 1. The van der Waals surface area contributed by atoms with E-state index in [1.54, 1.807) is 18.9 Å². The average Bonchev–Trinajstić information content (AvgIpc) is 3.45. The number of fused-ring (bicyclic) bond motifs is 1. The number of amides is 1. The number of carboxylic acids is 1. The number of hydrogen-bond acceptors (Lipinski definition) is 11. The minimum Gasteiger partial charge on any atom is -0.477 e. The molecule has 1 fully saturated rings. The highest BCUT2D eigenvalue weighted by Crippen LogP contribution is 2.50. The number of aliphatic carboxylic acids is 1. The molecule has 2 aliphatic heterocycles. The molecule has 0 radical (unpaired) electrons. The molecule has 0 spiro atoms. The van der Waals surface area contributed by atoms with Crippen molar-refractivity contribution < 1.29 is 29.0 Å². The monoisotopic (exact) mass is 654 g/mol. The Hall–Kier alpha value is -3.79. The van der Waals surface area contributed by atoms with E-state index in [4.69, 9.17) is 21.7 Å². The van der Waals surface area contributed by atoms with E-state index in [-0.39, 0.29) is 24.4 Å². The van der Waals surface area contributed by atoms with E-state index in [9.17, 15) is 19.5 Å². The van der Waals surface area contributed by atoms with Gasteiger partial charge in [0.25, 0.3) is 11.6 Å². The van der Waals surface area contributed by atoms with E-state index in [0.29, 0.717) is 21.5 Å². The minimum absolute atomic E-state index is 0.0307. The van der Waals surface area contributed by atoms with Crippen molar-refractivity contribution in [1.29, 1.82) is 0 Å². The van der Waals surface area contributed by atoms with Crippen LogP contribution in [0, 0.1) is 0 Å². The van der Waals surface area contributed by atoms with Crippen LogP contribution in [-0.2, 0) is 30.9 Å². The third-order valence-electron chi connectivity index (χ3n) is 7.33. The van der Waals surface area contributed by atoms with E-state index >= 15 is 0 Å². The summed E-state index contributed by atoms with van der Waals surface area (Å²) in [4.78, 5) is 42.7. The number of methoxy groups -OCH3 is 1. The predicted octanol–water partition coefficient (Wildman–Crippen LogP) is 3.27. The minimum atomic E-state index is -1.58. The van der Waals surface area contributed by atoms with Crippen molar-refractivity contribution >= 4 is 58.6 Å². The Morgan fingerprint density at radius 2 is 1.82 bits per heavy atom. The second-order valence-electron chi connectivity index (χ2n) is 9.98. The molecule has 44 heavy (non-hydrogen) atoms. The SMILES string of the molecule is CO[C@@]1(N(CCC(=O)OC(c2ccccc2)c2ccccc2)C(C)=S)C(=O)N2C(C(=O)O)=C(CSc3nnnn3C)CS[C@H]21. The van der Waals surface area contributed by atoms with Crippen LogP contribution < -0.4 is 0 Å². The molecule has 0 bridgehead atoms. The number of esters is 1. The molecule has 15 heteroatoms. The van der Waals surface area contributed by atoms with Gasteiger partial charge in [-0.25, -0.2) is 9.48 Å². The van der Waals surface area contributed by atoms with Crippen molar-refractivity contribution in [2.45, 2.75) is 35.7 Å². The first kappa shape index (κ1) is 31.6. The molecule has 3 heterocycles. The molecule has 3 aromatic rings. The Morgan fingerprint density at radius 3 is 2.34 bits per heavy atom. The molecule has 230 valence electrons. The lowest BCUT2D eigenvalue weighted by atomic mass is 9.96. The third kappa shape index (κ3) is 5.96. The summed E-state index contributed by atoms with van der Waals surface area (Å²) in [6, 6.07) is 18.9. The number of ether oxygens (including phenoxy) is 2. The summed E-state index contributed by atoms with van der Waals surface area (Å²) < 4.78 is 13.3. The molecule has 0 saturated carbocycles. The van der Waals surface area contributed by atoms with Gasteiger partial charge in [-0.15, -0.1) is 16.9 Å². The van der Waals surface area contributed by atoms with E-state index in [1.165, 1.54) is 40.2 Å². The molecule has 0 unspecified atom stereocenters. The number of carbonyl (C=O) groups excluding carboxylic acids is 2. The van der Waals surface area contributed by atoms with Gasteiger partial charge < -0.3 is 19.5 Å². The van der Waals surface area contributed by atoms with Gasteiger partial charge in [0, 0.05) is 32.2 Å². The summed E-state index contributed by atoms with van der Waals surface area (Å²) in [6.07, 6.45) is -0.704. The Balaban J connectivity index is 1.33. The van der Waals surface area contributed by atoms with Gasteiger partial charge >= 0.3 is 11.9 Å². The van der Waals surface area contributed by atoms with Crippen LogP contribution in [0.2, 0.25) is 0 Å². The van der Waals surface area contributed by atoms with Crippen LogP contribution in [0.15, 0.2) is 77.1 Å². The zero-order valence-corrected chi connectivity index (χ0v) is 26.6. The lowest BCUT2D eigenvalue weighted by Gasteiger charge is -2.60. The number of hydrogen-bond donors (Lipinski definition) is 1. The average molecular weight is 655 g/mol. The lowest BCUT2D eigenvalue weighted by molar-refractivity contribution is -0.211. The molecular weight excluding hydrogens is 625 g/mol. The van der Waals surface area contributed by atoms with Crippen LogP contribution in [0.4, 0.5) is 0 Å². The van der Waals surface area contributed by atoms with Gasteiger partial charge in [0.1, 0.15) is 11.1 Å². The number of carbonyl (C=O) groups is 3. The van der Waals surface area contributed by atoms with Crippen LogP contribution in [0.1, 0.15) is 30.6 Å². The van der Waals surface area contributed by atoms with Crippen molar-refractivity contribution in [3.63, 3.8) is 0 Å². The number of thioether (sulfide) groups is 2. The van der Waals surface area contributed by atoms with Crippen LogP contribution in [0.3, 0.4) is 0 Å². The predicted molar refractivity (Wildman–Crippen MR) is 167 cm³/mol. The van der Waals surface area contributed by atoms with E-state index in [1.807, 2.05) is 60.7 Å². The van der Waals surface area contributed by atoms with Gasteiger partial charge in [0.2, 0.25) is 5.16 Å². The smallest absolute Gasteiger partial charge is 0.352 e. The van der Waals surface area contributed by atoms with Crippen LogP contribution >= 0.6 is 35.7 Å². The summed E-state index contributed by atoms with van der Waals surface area (Å²) in [6.45, 7) is 1.68. The number of tetrazole rings is 1. The summed E-state index contributed by atoms with van der Waals surface area (Å²) in [7, 11) is 3.07. The topological polar surface area (TPSA) is 140 Å². The van der Waals surface area contributed by atoms with E-state index in [2.05, 4.69) is 15.5 Å². The highest BCUT2D eigenvalue weighted by molar-refractivity contribution is 8.01. The molecule has 5 rings (SSSR count). The largest absolute Gasteiger partial charge is 0.477 e. The second-order valence-corrected chi connectivity index (χ2v) is 12.6. The van der Waals surface area contributed by atoms with Gasteiger partial charge in [-0.2, -0.15) is 0 Å². The Morgan fingerprint density at radius 1 is 1.18 bits per heavy atom. The lowest BCUT2D eigenvalue weighted by Crippen LogP contribution is -2.81. The fourth-order valence-corrected chi connectivity index (χ4v) is 7.97. The molecule has 2 aromatic carbocycles. The van der Waals surface area contributed by atoms with Crippen LogP contribution in [0.25, 0.3) is 0 Å². The van der Waals surface area contributed by atoms with Crippen molar-refractivity contribution in [2.75, 3.05) is 25.2 Å². The molecule has 2 atom stereocenters. The third-order valence-corrected chi connectivity index (χ3v) is 10.0. The maximum atomic E-state index is 13.9. The standard InChI is InChI=1S/C29H30N6O6S3/c1-18(42)34(15-14-22(36)41-24(19-10-6-4-7-11-19)20-12-8-5-9-13-20)29(40-3)26(39)35-23(25(37)38)21(16-43-27(29)35)17-44-28-30-31-32-33(28)2/h4-13,24,27H,14-17H2,1-3H3,(H,37,38)/t27-,29-/m0/s1. The number of carboxylic acid groups (broad SMARTS) is 1. The Bertz CT molecular complexity index is 1550. The first-order valence-electron chi connectivity index (χ1n) is 13.6. The maximum absolute atomic E-state index is 13.9. The van der Waals surface area contributed by atoms with E-state index in [0.717, 1.165) is 11.1 Å². The van der Waals surface area contributed by atoms with E-state index < -0.39 is 35.0 Å². The summed E-state index contributed by atoms with van der Waals surface area (Å²) in [5.74, 6) is -1.66. The summed E-state index contributed by atoms with van der Waals surface area (Å²) >= 11 is 8.19. The maximum Gasteiger partial charge on any atom is 0.352 e. The number of β-lactam (4-membered cyclic amide) rings is 1. The number of benzene rings is 2. The molecule has 0 aliphatic carbocycles. The normalized spacial score (nSPS) is 19.4.